The number of nitrogens with zero attached hydrogens (tertiary/aromatic N) is 5. The molecule has 3 aromatic rings. The van der Waals surface area contributed by atoms with Gasteiger partial charge in [-0.1, -0.05) is 24.9 Å². The number of carbonyl (C=O) groups is 1. The Labute approximate surface area is 227 Å². The average Bonchev–Trinajstić information content (AvgIpc) is 3.33. The molecule has 5 atom stereocenters. The second-order valence-corrected chi connectivity index (χ2v) is 11.5. The van der Waals surface area contributed by atoms with Crippen LogP contribution < -0.4 is 10.2 Å². The Balaban J connectivity index is 1.16. The average molecular weight is 539 g/mol. The summed E-state index contributed by atoms with van der Waals surface area (Å²) in [5.41, 5.74) is 1.61. The molecular weight excluding hydrogens is 504 g/mol. The minimum absolute atomic E-state index is 0.00348. The molecule has 0 bridgehead atoms. The fourth-order valence-corrected chi connectivity index (χ4v) is 6.63. The van der Waals surface area contributed by atoms with Gasteiger partial charge in [0.2, 0.25) is 5.91 Å². The molecule has 0 unspecified atom stereocenters. The summed E-state index contributed by atoms with van der Waals surface area (Å²) in [6.07, 6.45) is 4.16. The normalized spacial score (nSPS) is 29.7. The summed E-state index contributed by atoms with van der Waals surface area (Å²) in [5.74, 6) is 0.912. The van der Waals surface area contributed by atoms with Gasteiger partial charge >= 0.3 is 0 Å². The van der Waals surface area contributed by atoms with Gasteiger partial charge in [-0.05, 0) is 42.5 Å². The number of nitrogens with one attached hydrogen (secondary N) is 1. The second kappa shape index (κ2) is 9.79. The van der Waals surface area contributed by atoms with Crippen molar-refractivity contribution < 1.29 is 14.6 Å². The molecule has 2 saturated heterocycles. The molecule has 1 amide bonds. The van der Waals surface area contributed by atoms with E-state index in [-0.39, 0.29) is 23.3 Å². The smallest absolute Gasteiger partial charge is 0.229 e. The quantitative estimate of drug-likeness (QED) is 0.497. The number of aliphatic hydroxyl groups excluding tert-OH is 1. The molecule has 202 valence electrons. The highest BCUT2D eigenvalue weighted by atomic mass is 35.5. The number of anilines is 2. The molecule has 0 spiro atoms. The molecule has 0 radical (unpaired) electrons. The highest BCUT2D eigenvalue weighted by Gasteiger charge is 2.55. The summed E-state index contributed by atoms with van der Waals surface area (Å²) in [4.78, 5) is 22.3. The van der Waals surface area contributed by atoms with Gasteiger partial charge in [-0.15, -0.1) is 0 Å². The van der Waals surface area contributed by atoms with Crippen molar-refractivity contribution in [1.29, 1.82) is 0 Å². The summed E-state index contributed by atoms with van der Waals surface area (Å²) >= 11 is 6.71. The minimum atomic E-state index is -0.470. The van der Waals surface area contributed by atoms with Gasteiger partial charge in [0.15, 0.2) is 0 Å². The van der Waals surface area contributed by atoms with Gasteiger partial charge in [-0.2, -0.15) is 5.10 Å². The van der Waals surface area contributed by atoms with Crippen LogP contribution in [-0.2, 0) is 16.6 Å². The highest BCUT2D eigenvalue weighted by Crippen LogP contribution is 2.55. The maximum atomic E-state index is 13.2. The van der Waals surface area contributed by atoms with Crippen LogP contribution in [0, 0.1) is 11.8 Å². The van der Waals surface area contributed by atoms with Crippen LogP contribution in [0.5, 0.6) is 0 Å². The number of carbonyl (C=O) groups excluding carboxylic acids is 1. The fraction of sp³-hybridized carbons (Fsp3) is 0.536. The monoisotopic (exact) mass is 538 g/mol. The molecule has 3 aliphatic rings. The van der Waals surface area contributed by atoms with Crippen LogP contribution in [0.4, 0.5) is 11.5 Å². The molecular formula is C28H35ClN6O3. The van der Waals surface area contributed by atoms with E-state index in [4.69, 9.17) is 16.3 Å². The Morgan fingerprint density at radius 3 is 2.68 bits per heavy atom. The zero-order valence-corrected chi connectivity index (χ0v) is 22.9. The maximum Gasteiger partial charge on any atom is 0.229 e. The number of aromatic nitrogens is 3. The maximum absolute atomic E-state index is 13.2. The van der Waals surface area contributed by atoms with Crippen molar-refractivity contribution in [3.63, 3.8) is 0 Å². The Morgan fingerprint density at radius 1 is 1.24 bits per heavy atom. The highest BCUT2D eigenvalue weighted by molar-refractivity contribution is 6.34. The minimum Gasteiger partial charge on any atom is -0.389 e. The fourth-order valence-electron chi connectivity index (χ4n) is 6.34. The van der Waals surface area contributed by atoms with E-state index in [0.29, 0.717) is 30.0 Å². The number of pyridine rings is 1. The van der Waals surface area contributed by atoms with Crippen molar-refractivity contribution in [3.05, 3.63) is 47.4 Å². The first kappa shape index (κ1) is 25.6. The molecule has 2 aliphatic heterocycles. The van der Waals surface area contributed by atoms with Crippen LogP contribution in [0.3, 0.4) is 0 Å². The molecule has 2 N–H and O–H groups in total. The lowest BCUT2D eigenvalue weighted by molar-refractivity contribution is -0.117. The molecule has 1 aromatic carbocycles. The SMILES string of the molecule is CC[C@@H]1[C@H](C(=O)Nc2cc3cc(N4CCN([C@]5(C)COC[C@@H]5O)CC4)c(Cl)cc3cn2)[C@H]1c1ccn(C)n1. The zero-order chi connectivity index (χ0) is 26.6. The van der Waals surface area contributed by atoms with E-state index in [2.05, 4.69) is 45.1 Å². The van der Waals surface area contributed by atoms with E-state index in [1.807, 2.05) is 31.4 Å². The summed E-state index contributed by atoms with van der Waals surface area (Å²) in [6, 6.07) is 7.96. The first-order chi connectivity index (χ1) is 18.3. The molecule has 38 heavy (non-hydrogen) atoms. The predicted molar refractivity (Wildman–Crippen MR) is 148 cm³/mol. The van der Waals surface area contributed by atoms with Gasteiger partial charge in [0.05, 0.1) is 47.2 Å². The van der Waals surface area contributed by atoms with Crippen molar-refractivity contribution in [2.45, 2.75) is 37.8 Å². The van der Waals surface area contributed by atoms with E-state index >= 15 is 0 Å². The molecule has 1 aliphatic carbocycles. The van der Waals surface area contributed by atoms with E-state index in [1.54, 1.807) is 10.9 Å². The van der Waals surface area contributed by atoms with Crippen molar-refractivity contribution in [1.82, 2.24) is 19.7 Å². The molecule has 4 heterocycles. The van der Waals surface area contributed by atoms with E-state index in [1.165, 1.54) is 0 Å². The van der Waals surface area contributed by atoms with E-state index in [0.717, 1.165) is 54.8 Å². The number of piperazine rings is 1. The van der Waals surface area contributed by atoms with Crippen LogP contribution in [-0.4, -0.2) is 81.7 Å². The Kier molecular flexibility index (Phi) is 6.58. The summed E-state index contributed by atoms with van der Waals surface area (Å²) in [5, 5.41) is 20.6. The van der Waals surface area contributed by atoms with Crippen LogP contribution >= 0.6 is 11.6 Å². The van der Waals surface area contributed by atoms with E-state index in [9.17, 15) is 9.90 Å². The number of aryl methyl sites for hydroxylation is 1. The van der Waals surface area contributed by atoms with Crippen LogP contribution in [0.15, 0.2) is 36.7 Å². The largest absolute Gasteiger partial charge is 0.389 e. The first-order valence-electron chi connectivity index (χ1n) is 13.4. The molecule has 6 rings (SSSR count). The number of hydrogen-bond acceptors (Lipinski definition) is 7. The van der Waals surface area contributed by atoms with Crippen molar-refractivity contribution >= 4 is 39.8 Å². The third kappa shape index (κ3) is 4.45. The first-order valence-corrected chi connectivity index (χ1v) is 13.8. The molecule has 10 heteroatoms. The third-order valence-corrected chi connectivity index (χ3v) is 9.09. The van der Waals surface area contributed by atoms with Gasteiger partial charge in [0, 0.05) is 56.9 Å². The number of benzene rings is 1. The molecule has 2 aromatic heterocycles. The zero-order valence-electron chi connectivity index (χ0n) is 22.1. The van der Waals surface area contributed by atoms with Gasteiger partial charge < -0.3 is 20.1 Å². The van der Waals surface area contributed by atoms with E-state index < -0.39 is 6.10 Å². The van der Waals surface area contributed by atoms with Gasteiger partial charge in [0.25, 0.3) is 0 Å². The summed E-state index contributed by atoms with van der Waals surface area (Å²) in [6.45, 7) is 8.39. The van der Waals surface area contributed by atoms with Crippen molar-refractivity contribution in [2.75, 3.05) is 49.6 Å². The number of halogens is 1. The number of aliphatic hydroxyl groups is 1. The standard InChI is InChI=1S/C28H35ClN6O3/c1-4-19-25(21-5-6-33(3)32-21)26(19)27(37)31-24-13-17-12-22(20(29)11-18(17)14-30-24)34-7-9-35(10-8-34)28(2)16-38-15-23(28)36/h5-6,11-14,19,23,25-26,36H,4,7-10,15-16H2,1-3H3,(H,30,31,37)/t19-,23-,25+,26-,28+/m0/s1. The predicted octanol–water partition coefficient (Wildman–Crippen LogP) is 3.27. The lowest BCUT2D eigenvalue weighted by Crippen LogP contribution is -2.60. The molecule has 1 saturated carbocycles. The van der Waals surface area contributed by atoms with Crippen LogP contribution in [0.1, 0.15) is 31.9 Å². The third-order valence-electron chi connectivity index (χ3n) is 8.79. The lowest BCUT2D eigenvalue weighted by atomic mass is 9.95. The topological polar surface area (TPSA) is 95.8 Å². The number of fused-ring (bicyclic) bond motifs is 1. The number of rotatable bonds is 6. The van der Waals surface area contributed by atoms with Crippen molar-refractivity contribution in [2.24, 2.45) is 18.9 Å². The number of amides is 1. The molecule has 3 fully saturated rings. The Hall–Kier alpha value is -2.72. The molecule has 9 nitrogen and oxygen atoms in total. The summed E-state index contributed by atoms with van der Waals surface area (Å²) in [7, 11) is 1.90. The summed E-state index contributed by atoms with van der Waals surface area (Å²) < 4.78 is 7.32. The Bertz CT molecular complexity index is 1360. The van der Waals surface area contributed by atoms with Gasteiger partial charge in [-0.3, -0.25) is 14.4 Å². The second-order valence-electron chi connectivity index (χ2n) is 11.1. The van der Waals surface area contributed by atoms with Gasteiger partial charge in [-0.25, -0.2) is 4.98 Å². The lowest BCUT2D eigenvalue weighted by Gasteiger charge is -2.45. The van der Waals surface area contributed by atoms with Crippen LogP contribution in [0.2, 0.25) is 5.02 Å². The Morgan fingerprint density at radius 2 is 2.03 bits per heavy atom. The number of ether oxygens (including phenoxy) is 1. The van der Waals surface area contributed by atoms with Crippen molar-refractivity contribution in [3.8, 4) is 0 Å². The van der Waals surface area contributed by atoms with Gasteiger partial charge in [0.1, 0.15) is 5.82 Å². The van der Waals surface area contributed by atoms with Crippen LogP contribution in [0.25, 0.3) is 10.8 Å². The number of hydrogen-bond donors (Lipinski definition) is 2.